The van der Waals surface area contributed by atoms with Gasteiger partial charge in [-0.1, -0.05) is 15.9 Å². The number of halogens is 1. The molecule has 18 heavy (non-hydrogen) atoms. The average molecular weight is 310 g/mol. The molecule has 0 atom stereocenters. The van der Waals surface area contributed by atoms with Crippen LogP contribution in [0.25, 0.3) is 10.9 Å². The molecule has 1 aromatic carbocycles. The lowest BCUT2D eigenvalue weighted by molar-refractivity contribution is -0.121. The van der Waals surface area contributed by atoms with Crippen molar-refractivity contribution in [3.05, 3.63) is 39.4 Å². The number of benzene rings is 1. The van der Waals surface area contributed by atoms with Gasteiger partial charge in [-0.15, -0.1) is 0 Å². The number of fused-ring (bicyclic) bond motifs is 1. The van der Waals surface area contributed by atoms with Crippen molar-refractivity contribution in [2.75, 3.05) is 6.54 Å². The Hall–Kier alpha value is -1.69. The van der Waals surface area contributed by atoms with Gasteiger partial charge in [0.25, 0.3) is 5.56 Å². The molecule has 0 radical (unpaired) electrons. The van der Waals surface area contributed by atoms with Crippen LogP contribution in [0.15, 0.2) is 33.8 Å². The molecule has 1 aromatic heterocycles. The maximum atomic E-state index is 12.1. The highest BCUT2D eigenvalue weighted by molar-refractivity contribution is 9.10. The molecule has 5 nitrogen and oxygen atoms in total. The van der Waals surface area contributed by atoms with Crippen molar-refractivity contribution in [3.8, 4) is 0 Å². The molecule has 0 saturated carbocycles. The van der Waals surface area contributed by atoms with Crippen molar-refractivity contribution >= 4 is 32.7 Å². The van der Waals surface area contributed by atoms with Crippen LogP contribution in [0.3, 0.4) is 0 Å². The Morgan fingerprint density at radius 3 is 3.00 bits per heavy atom. The summed E-state index contributed by atoms with van der Waals surface area (Å²) in [5.41, 5.74) is 0.405. The Bertz CT molecular complexity index is 651. The minimum absolute atomic E-state index is 0.0118. The highest BCUT2D eigenvalue weighted by atomic mass is 79.9. The van der Waals surface area contributed by atoms with Gasteiger partial charge >= 0.3 is 0 Å². The second-order valence-corrected chi connectivity index (χ2v) is 4.71. The SMILES string of the molecule is CCNC(=O)Cn1cnc2ccc(Br)cc2c1=O. The Balaban J connectivity index is 2.44. The fourth-order valence-electron chi connectivity index (χ4n) is 1.65. The van der Waals surface area contributed by atoms with Crippen molar-refractivity contribution in [2.45, 2.75) is 13.5 Å². The molecular weight excluding hydrogens is 298 g/mol. The Kier molecular flexibility index (Phi) is 3.76. The van der Waals surface area contributed by atoms with Crippen LogP contribution in [0.5, 0.6) is 0 Å². The van der Waals surface area contributed by atoms with Crippen LogP contribution in [0, 0.1) is 0 Å². The summed E-state index contributed by atoms with van der Waals surface area (Å²) in [5.74, 6) is -0.198. The molecule has 0 aliphatic rings. The van der Waals surface area contributed by atoms with Crippen LogP contribution < -0.4 is 10.9 Å². The second-order valence-electron chi connectivity index (χ2n) is 3.79. The third-order valence-electron chi connectivity index (χ3n) is 2.47. The first-order chi connectivity index (χ1) is 8.61. The predicted molar refractivity (Wildman–Crippen MR) is 72.4 cm³/mol. The molecule has 0 saturated heterocycles. The zero-order valence-corrected chi connectivity index (χ0v) is 11.4. The third-order valence-corrected chi connectivity index (χ3v) is 2.97. The van der Waals surface area contributed by atoms with Gasteiger partial charge in [0.15, 0.2) is 0 Å². The van der Waals surface area contributed by atoms with Crippen LogP contribution in [-0.4, -0.2) is 22.0 Å². The van der Waals surface area contributed by atoms with Gasteiger partial charge < -0.3 is 5.32 Å². The first-order valence-corrected chi connectivity index (χ1v) is 6.32. The van der Waals surface area contributed by atoms with Gasteiger partial charge in [-0.2, -0.15) is 0 Å². The number of rotatable bonds is 3. The molecule has 2 rings (SSSR count). The van der Waals surface area contributed by atoms with Crippen molar-refractivity contribution in [1.29, 1.82) is 0 Å². The Labute approximate surface area is 112 Å². The zero-order valence-electron chi connectivity index (χ0n) is 9.81. The molecule has 0 aliphatic carbocycles. The fourth-order valence-corrected chi connectivity index (χ4v) is 2.01. The van der Waals surface area contributed by atoms with E-state index in [4.69, 9.17) is 0 Å². The smallest absolute Gasteiger partial charge is 0.261 e. The number of nitrogens with zero attached hydrogens (tertiary/aromatic N) is 2. The summed E-state index contributed by atoms with van der Waals surface area (Å²) in [6.07, 6.45) is 1.40. The first kappa shape index (κ1) is 12.8. The summed E-state index contributed by atoms with van der Waals surface area (Å²) in [7, 11) is 0. The number of nitrogens with one attached hydrogen (secondary N) is 1. The van der Waals surface area contributed by atoms with E-state index in [1.807, 2.05) is 13.0 Å². The van der Waals surface area contributed by atoms with E-state index in [0.717, 1.165) is 4.47 Å². The molecule has 6 heteroatoms. The number of aromatic nitrogens is 2. The second kappa shape index (κ2) is 5.30. The molecule has 0 fully saturated rings. The summed E-state index contributed by atoms with van der Waals surface area (Å²) in [6.45, 7) is 2.36. The van der Waals surface area contributed by atoms with Crippen LogP contribution >= 0.6 is 15.9 Å². The number of likely N-dealkylation sites (N-methyl/N-ethyl adjacent to an activating group) is 1. The monoisotopic (exact) mass is 309 g/mol. The molecule has 94 valence electrons. The third kappa shape index (κ3) is 2.59. The minimum atomic E-state index is -0.215. The Morgan fingerprint density at radius 2 is 2.28 bits per heavy atom. The molecule has 0 unspecified atom stereocenters. The maximum Gasteiger partial charge on any atom is 0.261 e. The lowest BCUT2D eigenvalue weighted by atomic mass is 10.2. The van der Waals surface area contributed by atoms with E-state index in [1.54, 1.807) is 12.1 Å². The number of amides is 1. The van der Waals surface area contributed by atoms with Crippen molar-refractivity contribution in [1.82, 2.24) is 14.9 Å². The predicted octanol–water partition coefficient (Wildman–Crippen LogP) is 1.30. The molecule has 0 aliphatic heterocycles. The first-order valence-electron chi connectivity index (χ1n) is 5.53. The standard InChI is InChI=1S/C12H12BrN3O2/c1-2-14-11(17)6-16-7-15-10-4-3-8(13)5-9(10)12(16)18/h3-5,7H,2,6H2,1H3,(H,14,17). The zero-order chi connectivity index (χ0) is 13.1. The van der Waals surface area contributed by atoms with E-state index in [0.29, 0.717) is 17.4 Å². The minimum Gasteiger partial charge on any atom is -0.355 e. The largest absolute Gasteiger partial charge is 0.355 e. The van der Waals surface area contributed by atoms with Crippen LogP contribution in [-0.2, 0) is 11.3 Å². The summed E-state index contributed by atoms with van der Waals surface area (Å²) >= 11 is 3.31. The molecular formula is C12H12BrN3O2. The molecule has 2 aromatic rings. The fraction of sp³-hybridized carbons (Fsp3) is 0.250. The van der Waals surface area contributed by atoms with E-state index in [-0.39, 0.29) is 18.0 Å². The normalized spacial score (nSPS) is 10.6. The molecule has 1 N–H and O–H groups in total. The van der Waals surface area contributed by atoms with Gasteiger partial charge in [-0.05, 0) is 25.1 Å². The van der Waals surface area contributed by atoms with Crippen LogP contribution in [0.2, 0.25) is 0 Å². The van der Waals surface area contributed by atoms with Crippen LogP contribution in [0.4, 0.5) is 0 Å². The van der Waals surface area contributed by atoms with Crippen molar-refractivity contribution in [2.24, 2.45) is 0 Å². The van der Waals surface area contributed by atoms with Crippen LogP contribution in [0.1, 0.15) is 6.92 Å². The quantitative estimate of drug-likeness (QED) is 0.929. The van der Waals surface area contributed by atoms with Gasteiger partial charge in [-0.25, -0.2) is 4.98 Å². The molecule has 1 amide bonds. The average Bonchev–Trinajstić information content (AvgIpc) is 2.34. The highest BCUT2D eigenvalue weighted by Crippen LogP contribution is 2.14. The topological polar surface area (TPSA) is 64.0 Å². The lowest BCUT2D eigenvalue weighted by Gasteiger charge is -2.06. The van der Waals surface area contributed by atoms with Crippen molar-refractivity contribution < 1.29 is 4.79 Å². The number of hydrogen-bond acceptors (Lipinski definition) is 3. The summed E-state index contributed by atoms with van der Waals surface area (Å²) < 4.78 is 2.12. The van der Waals surface area contributed by atoms with E-state index < -0.39 is 0 Å². The number of hydrogen-bond donors (Lipinski definition) is 1. The van der Waals surface area contributed by atoms with Gasteiger partial charge in [0.2, 0.25) is 5.91 Å². The van der Waals surface area contributed by atoms with E-state index in [2.05, 4.69) is 26.2 Å². The lowest BCUT2D eigenvalue weighted by Crippen LogP contribution is -2.32. The van der Waals surface area contributed by atoms with Gasteiger partial charge in [-0.3, -0.25) is 14.2 Å². The number of carbonyl (C=O) groups is 1. The highest BCUT2D eigenvalue weighted by Gasteiger charge is 2.07. The Morgan fingerprint density at radius 1 is 1.50 bits per heavy atom. The van der Waals surface area contributed by atoms with Gasteiger partial charge in [0.05, 0.1) is 17.2 Å². The van der Waals surface area contributed by atoms with E-state index in [1.165, 1.54) is 10.9 Å². The summed E-state index contributed by atoms with van der Waals surface area (Å²) in [5, 5.41) is 3.14. The van der Waals surface area contributed by atoms with Crippen molar-refractivity contribution in [3.63, 3.8) is 0 Å². The van der Waals surface area contributed by atoms with E-state index in [9.17, 15) is 9.59 Å². The summed E-state index contributed by atoms with van der Waals surface area (Å²) in [6, 6.07) is 5.29. The maximum absolute atomic E-state index is 12.1. The van der Waals surface area contributed by atoms with Gasteiger partial charge in [0.1, 0.15) is 6.54 Å². The molecule has 0 spiro atoms. The number of carbonyl (C=O) groups excluding carboxylic acids is 1. The molecule has 1 heterocycles. The van der Waals surface area contributed by atoms with E-state index >= 15 is 0 Å². The summed E-state index contributed by atoms with van der Waals surface area (Å²) in [4.78, 5) is 27.8. The molecule has 0 bridgehead atoms. The van der Waals surface area contributed by atoms with Gasteiger partial charge in [0, 0.05) is 11.0 Å².